The fourth-order valence-corrected chi connectivity index (χ4v) is 4.83. The number of morpholine rings is 1. The number of carbonyl (C=O) groups is 2. The van der Waals surface area contributed by atoms with E-state index in [1.54, 1.807) is 42.5 Å². The van der Waals surface area contributed by atoms with Crippen LogP contribution in [0.5, 0.6) is 0 Å². The first kappa shape index (κ1) is 24.6. The van der Waals surface area contributed by atoms with E-state index in [9.17, 15) is 14.0 Å². The lowest BCUT2D eigenvalue weighted by atomic mass is 10.1. The Labute approximate surface area is 214 Å². The number of fused-ring (bicyclic) bond motifs is 1. The summed E-state index contributed by atoms with van der Waals surface area (Å²) in [5, 5.41) is 2.92. The van der Waals surface area contributed by atoms with Gasteiger partial charge in [-0.25, -0.2) is 9.37 Å². The smallest absolute Gasteiger partial charge is 0.255 e. The van der Waals surface area contributed by atoms with Gasteiger partial charge in [0.05, 0.1) is 29.7 Å². The molecule has 0 spiro atoms. The largest absolute Gasteiger partial charge is 0.372 e. The lowest BCUT2D eigenvalue weighted by Crippen LogP contribution is -2.48. The van der Waals surface area contributed by atoms with Crippen LogP contribution in [0.15, 0.2) is 66.7 Å². The monoisotopic (exact) mass is 500 g/mol. The van der Waals surface area contributed by atoms with Crippen LogP contribution < -0.4 is 5.32 Å². The Kier molecular flexibility index (Phi) is 6.76. The SMILES string of the molecule is Cc1nc2ccc(C(=O)Nc3ccc(CC(=O)N4C[C@@H](C)O[C@@H](C)C4)cc3)cc2n1-c1ccc(F)cc1. The Balaban J connectivity index is 1.29. The van der Waals surface area contributed by atoms with Crippen molar-refractivity contribution < 1.29 is 18.7 Å². The molecule has 5 rings (SSSR count). The number of hydrogen-bond acceptors (Lipinski definition) is 4. The molecule has 0 saturated carbocycles. The van der Waals surface area contributed by atoms with E-state index in [0.29, 0.717) is 30.8 Å². The molecule has 2 atom stereocenters. The summed E-state index contributed by atoms with van der Waals surface area (Å²) in [5.41, 5.74) is 4.28. The van der Waals surface area contributed by atoms with E-state index in [4.69, 9.17) is 4.74 Å². The second-order valence-corrected chi connectivity index (χ2v) is 9.56. The summed E-state index contributed by atoms with van der Waals surface area (Å²) in [6.45, 7) is 7.02. The number of nitrogens with zero attached hydrogens (tertiary/aromatic N) is 3. The zero-order chi connectivity index (χ0) is 26.1. The Morgan fingerprint density at radius 3 is 2.35 bits per heavy atom. The van der Waals surface area contributed by atoms with Gasteiger partial charge in [0, 0.05) is 30.0 Å². The van der Waals surface area contributed by atoms with E-state index in [1.165, 1.54) is 12.1 Å². The van der Waals surface area contributed by atoms with Crippen molar-refractivity contribution in [1.82, 2.24) is 14.5 Å². The van der Waals surface area contributed by atoms with Gasteiger partial charge in [-0.15, -0.1) is 0 Å². The molecule has 190 valence electrons. The van der Waals surface area contributed by atoms with Crippen molar-refractivity contribution >= 4 is 28.5 Å². The third-order valence-electron chi connectivity index (χ3n) is 6.51. The Bertz CT molecular complexity index is 1440. The topological polar surface area (TPSA) is 76.5 Å². The number of halogens is 1. The lowest BCUT2D eigenvalue weighted by molar-refractivity contribution is -0.142. The number of aryl methyl sites for hydroxylation is 1. The number of imidazole rings is 1. The average molecular weight is 501 g/mol. The summed E-state index contributed by atoms with van der Waals surface area (Å²) < 4.78 is 21.0. The third kappa shape index (κ3) is 5.39. The molecule has 3 aromatic carbocycles. The molecule has 1 fully saturated rings. The molecule has 1 N–H and O–H groups in total. The van der Waals surface area contributed by atoms with Crippen molar-refractivity contribution in [3.63, 3.8) is 0 Å². The van der Waals surface area contributed by atoms with E-state index < -0.39 is 0 Å². The van der Waals surface area contributed by atoms with Gasteiger partial charge in [-0.05, 0) is 80.9 Å². The highest BCUT2D eigenvalue weighted by atomic mass is 19.1. The number of rotatable bonds is 5. The summed E-state index contributed by atoms with van der Waals surface area (Å²) in [7, 11) is 0. The van der Waals surface area contributed by atoms with Gasteiger partial charge in [0.15, 0.2) is 0 Å². The van der Waals surface area contributed by atoms with Gasteiger partial charge < -0.3 is 15.0 Å². The Hall–Kier alpha value is -4.04. The maximum absolute atomic E-state index is 13.4. The van der Waals surface area contributed by atoms with Crippen molar-refractivity contribution in [1.29, 1.82) is 0 Å². The van der Waals surface area contributed by atoms with E-state index in [2.05, 4.69) is 10.3 Å². The second-order valence-electron chi connectivity index (χ2n) is 9.56. The molecule has 2 amide bonds. The van der Waals surface area contributed by atoms with Gasteiger partial charge in [-0.1, -0.05) is 12.1 Å². The van der Waals surface area contributed by atoms with Crippen molar-refractivity contribution in [3.05, 3.63) is 89.5 Å². The fourth-order valence-electron chi connectivity index (χ4n) is 4.83. The summed E-state index contributed by atoms with van der Waals surface area (Å²) in [5.74, 6) is 0.239. The zero-order valence-corrected chi connectivity index (χ0v) is 21.1. The van der Waals surface area contributed by atoms with Gasteiger partial charge in [-0.3, -0.25) is 14.2 Å². The molecule has 8 heteroatoms. The minimum absolute atomic E-state index is 0.0303. The molecule has 0 bridgehead atoms. The van der Waals surface area contributed by atoms with Gasteiger partial charge >= 0.3 is 0 Å². The molecular weight excluding hydrogens is 471 g/mol. The minimum atomic E-state index is -0.313. The second kappa shape index (κ2) is 10.1. The minimum Gasteiger partial charge on any atom is -0.372 e. The lowest BCUT2D eigenvalue weighted by Gasteiger charge is -2.35. The number of amides is 2. The summed E-state index contributed by atoms with van der Waals surface area (Å²) >= 11 is 0. The fraction of sp³-hybridized carbons (Fsp3) is 0.276. The normalized spacial score (nSPS) is 17.7. The number of carbonyl (C=O) groups excluding carboxylic acids is 2. The molecule has 1 aliphatic rings. The highest BCUT2D eigenvalue weighted by Gasteiger charge is 2.25. The van der Waals surface area contributed by atoms with Crippen LogP contribution in [0.3, 0.4) is 0 Å². The van der Waals surface area contributed by atoms with Crippen molar-refractivity contribution in [2.45, 2.75) is 39.4 Å². The first-order valence-corrected chi connectivity index (χ1v) is 12.4. The Morgan fingerprint density at radius 2 is 1.68 bits per heavy atom. The molecule has 37 heavy (non-hydrogen) atoms. The molecule has 1 saturated heterocycles. The number of ether oxygens (including phenoxy) is 1. The van der Waals surface area contributed by atoms with Crippen molar-refractivity contribution in [3.8, 4) is 5.69 Å². The summed E-state index contributed by atoms with van der Waals surface area (Å²) in [6, 6.07) is 18.8. The molecule has 2 heterocycles. The van der Waals surface area contributed by atoms with E-state index in [-0.39, 0.29) is 29.8 Å². The molecule has 7 nitrogen and oxygen atoms in total. The van der Waals surface area contributed by atoms with Crippen LogP contribution in [0, 0.1) is 12.7 Å². The maximum atomic E-state index is 13.4. The van der Waals surface area contributed by atoms with Crippen LogP contribution in [-0.4, -0.2) is 51.6 Å². The van der Waals surface area contributed by atoms with Crippen LogP contribution in [0.1, 0.15) is 35.6 Å². The molecule has 1 aromatic heterocycles. The molecule has 0 aliphatic carbocycles. The highest BCUT2D eigenvalue weighted by molar-refractivity contribution is 6.06. The van der Waals surface area contributed by atoms with E-state index in [1.807, 2.05) is 42.4 Å². The predicted molar refractivity (Wildman–Crippen MR) is 140 cm³/mol. The molecule has 1 aliphatic heterocycles. The first-order chi connectivity index (χ1) is 17.8. The molecule has 4 aromatic rings. The Morgan fingerprint density at radius 1 is 1.00 bits per heavy atom. The van der Waals surface area contributed by atoms with Crippen LogP contribution in [0.25, 0.3) is 16.7 Å². The van der Waals surface area contributed by atoms with Crippen LogP contribution in [0.2, 0.25) is 0 Å². The predicted octanol–water partition coefficient (Wildman–Crippen LogP) is 4.90. The van der Waals surface area contributed by atoms with Gasteiger partial charge in [-0.2, -0.15) is 0 Å². The number of anilines is 1. The zero-order valence-electron chi connectivity index (χ0n) is 21.1. The molecular formula is C29H29FN4O3. The number of benzene rings is 3. The quantitative estimate of drug-likeness (QED) is 0.423. The average Bonchev–Trinajstić information content (AvgIpc) is 3.20. The summed E-state index contributed by atoms with van der Waals surface area (Å²) in [6.07, 6.45) is 0.363. The van der Waals surface area contributed by atoms with Crippen LogP contribution in [0.4, 0.5) is 10.1 Å². The highest BCUT2D eigenvalue weighted by Crippen LogP contribution is 2.23. The van der Waals surface area contributed by atoms with Crippen molar-refractivity contribution in [2.24, 2.45) is 0 Å². The maximum Gasteiger partial charge on any atom is 0.255 e. The van der Waals surface area contributed by atoms with Gasteiger partial charge in [0.1, 0.15) is 11.6 Å². The number of hydrogen-bond donors (Lipinski definition) is 1. The first-order valence-electron chi connectivity index (χ1n) is 12.4. The van der Waals surface area contributed by atoms with E-state index in [0.717, 1.165) is 28.1 Å². The van der Waals surface area contributed by atoms with E-state index >= 15 is 0 Å². The third-order valence-corrected chi connectivity index (χ3v) is 6.51. The summed E-state index contributed by atoms with van der Waals surface area (Å²) in [4.78, 5) is 32.2. The molecule has 0 unspecified atom stereocenters. The number of aromatic nitrogens is 2. The van der Waals surface area contributed by atoms with Gasteiger partial charge in [0.2, 0.25) is 5.91 Å². The molecule has 0 radical (unpaired) electrons. The van der Waals surface area contributed by atoms with Crippen molar-refractivity contribution in [2.75, 3.05) is 18.4 Å². The van der Waals surface area contributed by atoms with Gasteiger partial charge in [0.25, 0.3) is 5.91 Å². The standard InChI is InChI=1S/C29H29FN4O3/c1-18-16-33(17-19(2)37-18)28(35)14-21-4-9-24(10-5-21)32-29(36)22-6-13-26-27(15-22)34(20(3)31-26)25-11-7-23(30)8-12-25/h4-13,15,18-19H,14,16-17H2,1-3H3,(H,32,36)/t18-,19+. The van der Waals surface area contributed by atoms with Crippen LogP contribution in [-0.2, 0) is 16.0 Å². The number of nitrogens with one attached hydrogen (secondary N) is 1. The van der Waals surface area contributed by atoms with Crippen LogP contribution >= 0.6 is 0 Å².